The number of methoxy groups -OCH3 is 2. The van der Waals surface area contributed by atoms with E-state index in [1.165, 1.54) is 12.1 Å². The van der Waals surface area contributed by atoms with Crippen LogP contribution >= 0.6 is 0 Å². The van der Waals surface area contributed by atoms with Crippen LogP contribution < -0.4 is 14.4 Å². The van der Waals surface area contributed by atoms with E-state index in [4.69, 9.17) is 9.47 Å². The number of carbonyl (C=O) groups excluding carboxylic acids is 1. The highest BCUT2D eigenvalue weighted by atomic mass is 16.6. The van der Waals surface area contributed by atoms with E-state index in [0.717, 1.165) is 27.7 Å². The number of hydrogen-bond acceptors (Lipinski definition) is 6. The monoisotopic (exact) mass is 528 g/mol. The van der Waals surface area contributed by atoms with Gasteiger partial charge in [-0.15, -0.1) is 0 Å². The molecular formula is C30H32N4O5. The van der Waals surface area contributed by atoms with Crippen LogP contribution in [0, 0.1) is 10.1 Å². The van der Waals surface area contributed by atoms with Gasteiger partial charge in [-0.25, -0.2) is 0 Å². The average molecular weight is 529 g/mol. The summed E-state index contributed by atoms with van der Waals surface area (Å²) in [5, 5.41) is 12.1. The predicted octanol–water partition coefficient (Wildman–Crippen LogP) is 4.97. The molecule has 0 N–H and O–H groups in total. The number of anilines is 1. The standard InChI is InChI=1S/C30H32N4O5/c1-31-20-28(26-6-4-5-7-29(26)31)27(21-16-24(38-2)18-25(17-21)39-3)19-30(35)33-14-12-32(13-15-33)22-8-10-23(11-9-22)34(36)37/h4-11,16-18,20,27H,12-15,19H2,1-3H3. The molecule has 1 aromatic heterocycles. The first kappa shape index (κ1) is 26.1. The Morgan fingerprint density at radius 1 is 0.949 bits per heavy atom. The van der Waals surface area contributed by atoms with Crippen LogP contribution in [-0.4, -0.2) is 60.7 Å². The zero-order valence-corrected chi connectivity index (χ0v) is 22.4. The normalized spacial score (nSPS) is 14.3. The number of rotatable bonds is 8. The molecule has 9 nitrogen and oxygen atoms in total. The fraction of sp³-hybridized carbons (Fsp3) is 0.300. The summed E-state index contributed by atoms with van der Waals surface area (Å²) in [5.41, 5.74) is 4.14. The van der Waals surface area contributed by atoms with Gasteiger partial charge < -0.3 is 23.8 Å². The summed E-state index contributed by atoms with van der Waals surface area (Å²) in [6, 6.07) is 20.6. The molecule has 2 heterocycles. The first-order valence-electron chi connectivity index (χ1n) is 12.9. The Kier molecular flexibility index (Phi) is 7.40. The molecule has 9 heteroatoms. The maximum absolute atomic E-state index is 13.7. The summed E-state index contributed by atoms with van der Waals surface area (Å²) in [4.78, 5) is 28.4. The number of para-hydroxylation sites is 1. The number of benzene rings is 3. The van der Waals surface area contributed by atoms with E-state index in [1.807, 2.05) is 42.3 Å². The van der Waals surface area contributed by atoms with E-state index >= 15 is 0 Å². The summed E-state index contributed by atoms with van der Waals surface area (Å²) in [5.74, 6) is 1.25. The Bertz CT molecular complexity index is 1470. The molecule has 3 aromatic carbocycles. The third kappa shape index (κ3) is 5.38. The minimum Gasteiger partial charge on any atom is -0.497 e. The Hall–Kier alpha value is -4.53. The van der Waals surface area contributed by atoms with Crippen molar-refractivity contribution in [2.75, 3.05) is 45.3 Å². The minimum absolute atomic E-state index is 0.0706. The smallest absolute Gasteiger partial charge is 0.269 e. The first-order chi connectivity index (χ1) is 18.9. The summed E-state index contributed by atoms with van der Waals surface area (Å²) < 4.78 is 13.2. The van der Waals surface area contributed by atoms with Crippen LogP contribution in [0.3, 0.4) is 0 Å². The Labute approximate surface area is 227 Å². The number of aromatic nitrogens is 1. The number of nitro groups is 1. The van der Waals surface area contributed by atoms with Crippen molar-refractivity contribution in [1.29, 1.82) is 0 Å². The maximum atomic E-state index is 13.7. The lowest BCUT2D eigenvalue weighted by Crippen LogP contribution is -2.49. The molecule has 0 radical (unpaired) electrons. The Morgan fingerprint density at radius 3 is 2.21 bits per heavy atom. The topological polar surface area (TPSA) is 90.1 Å². The van der Waals surface area contributed by atoms with Crippen molar-refractivity contribution < 1.29 is 19.2 Å². The number of aryl methyl sites for hydroxylation is 1. The summed E-state index contributed by atoms with van der Waals surface area (Å²) in [7, 11) is 5.27. The number of amides is 1. The molecule has 202 valence electrons. The molecule has 1 aliphatic rings. The van der Waals surface area contributed by atoms with Crippen LogP contribution in [0.1, 0.15) is 23.5 Å². The number of nitro benzene ring substituents is 1. The lowest BCUT2D eigenvalue weighted by molar-refractivity contribution is -0.384. The van der Waals surface area contributed by atoms with Crippen molar-refractivity contribution in [3.8, 4) is 11.5 Å². The molecule has 1 aliphatic heterocycles. The number of ether oxygens (including phenoxy) is 2. The molecule has 0 spiro atoms. The van der Waals surface area contributed by atoms with Gasteiger partial charge in [-0.1, -0.05) is 18.2 Å². The number of carbonyl (C=O) groups is 1. The van der Waals surface area contributed by atoms with Crippen LogP contribution in [-0.2, 0) is 11.8 Å². The van der Waals surface area contributed by atoms with Crippen molar-refractivity contribution >= 4 is 28.2 Å². The van der Waals surface area contributed by atoms with Crippen molar-refractivity contribution in [1.82, 2.24) is 9.47 Å². The molecule has 39 heavy (non-hydrogen) atoms. The fourth-order valence-electron chi connectivity index (χ4n) is 5.39. The number of nitrogens with zero attached hydrogens (tertiary/aromatic N) is 4. The van der Waals surface area contributed by atoms with Gasteiger partial charge in [-0.05, 0) is 41.5 Å². The largest absolute Gasteiger partial charge is 0.497 e. The second kappa shape index (κ2) is 11.1. The van der Waals surface area contributed by atoms with Crippen molar-refractivity contribution in [3.63, 3.8) is 0 Å². The molecule has 1 fully saturated rings. The third-order valence-electron chi connectivity index (χ3n) is 7.52. The predicted molar refractivity (Wildman–Crippen MR) is 151 cm³/mol. The SMILES string of the molecule is COc1cc(OC)cc(C(CC(=O)N2CCN(c3ccc([N+](=O)[O-])cc3)CC2)c2cn(C)c3ccccc23)c1. The van der Waals surface area contributed by atoms with Gasteiger partial charge >= 0.3 is 0 Å². The van der Waals surface area contributed by atoms with E-state index < -0.39 is 4.92 Å². The summed E-state index contributed by atoms with van der Waals surface area (Å²) in [6.45, 7) is 2.49. The van der Waals surface area contributed by atoms with Crippen molar-refractivity contribution in [2.45, 2.75) is 12.3 Å². The Balaban J connectivity index is 1.39. The van der Waals surface area contributed by atoms with E-state index in [9.17, 15) is 14.9 Å². The molecule has 0 aliphatic carbocycles. The lowest BCUT2D eigenvalue weighted by Gasteiger charge is -2.36. The van der Waals surface area contributed by atoms with Gasteiger partial charge in [0.15, 0.2) is 0 Å². The maximum Gasteiger partial charge on any atom is 0.269 e. The number of piperazine rings is 1. The zero-order valence-electron chi connectivity index (χ0n) is 22.4. The fourth-order valence-corrected chi connectivity index (χ4v) is 5.39. The van der Waals surface area contributed by atoms with Gasteiger partial charge in [-0.2, -0.15) is 0 Å². The zero-order chi connectivity index (χ0) is 27.5. The van der Waals surface area contributed by atoms with Gasteiger partial charge in [0.25, 0.3) is 5.69 Å². The van der Waals surface area contributed by atoms with Gasteiger partial charge in [0, 0.05) is 86.6 Å². The molecule has 1 amide bonds. The average Bonchev–Trinajstić information content (AvgIpc) is 3.31. The van der Waals surface area contributed by atoms with E-state index in [0.29, 0.717) is 44.1 Å². The van der Waals surface area contributed by atoms with Crippen LogP contribution in [0.15, 0.2) is 72.9 Å². The van der Waals surface area contributed by atoms with Gasteiger partial charge in [-0.3, -0.25) is 14.9 Å². The molecular weight excluding hydrogens is 496 g/mol. The Morgan fingerprint density at radius 2 is 1.59 bits per heavy atom. The minimum atomic E-state index is -0.398. The highest BCUT2D eigenvalue weighted by Crippen LogP contribution is 2.38. The van der Waals surface area contributed by atoms with Crippen LogP contribution in [0.25, 0.3) is 10.9 Å². The van der Waals surface area contributed by atoms with Gasteiger partial charge in [0.2, 0.25) is 5.91 Å². The lowest BCUT2D eigenvalue weighted by atomic mass is 9.87. The number of non-ortho nitro benzene ring substituents is 1. The summed E-state index contributed by atoms with van der Waals surface area (Å²) >= 11 is 0. The molecule has 4 aromatic rings. The first-order valence-corrected chi connectivity index (χ1v) is 12.9. The summed E-state index contributed by atoms with van der Waals surface area (Å²) in [6.07, 6.45) is 2.42. The highest BCUT2D eigenvalue weighted by Gasteiger charge is 2.28. The molecule has 1 atom stereocenters. The van der Waals surface area contributed by atoms with Crippen molar-refractivity contribution in [3.05, 3.63) is 94.2 Å². The van der Waals surface area contributed by atoms with Crippen LogP contribution in [0.4, 0.5) is 11.4 Å². The molecule has 1 saturated heterocycles. The van der Waals surface area contributed by atoms with E-state index in [2.05, 4.69) is 27.8 Å². The quantitative estimate of drug-likeness (QED) is 0.237. The van der Waals surface area contributed by atoms with E-state index in [1.54, 1.807) is 26.4 Å². The number of hydrogen-bond donors (Lipinski definition) is 0. The molecule has 0 saturated carbocycles. The second-order valence-corrected chi connectivity index (χ2v) is 9.76. The highest BCUT2D eigenvalue weighted by molar-refractivity contribution is 5.87. The van der Waals surface area contributed by atoms with Crippen LogP contribution in [0.2, 0.25) is 0 Å². The second-order valence-electron chi connectivity index (χ2n) is 9.76. The molecule has 1 unspecified atom stereocenters. The van der Waals surface area contributed by atoms with Crippen LogP contribution in [0.5, 0.6) is 11.5 Å². The van der Waals surface area contributed by atoms with Gasteiger partial charge in [0.05, 0.1) is 19.1 Å². The third-order valence-corrected chi connectivity index (χ3v) is 7.52. The molecule has 5 rings (SSSR count). The molecule has 0 bridgehead atoms. The van der Waals surface area contributed by atoms with E-state index in [-0.39, 0.29) is 17.5 Å². The van der Waals surface area contributed by atoms with Gasteiger partial charge in [0.1, 0.15) is 11.5 Å². The number of fused-ring (bicyclic) bond motifs is 1. The van der Waals surface area contributed by atoms with Crippen molar-refractivity contribution in [2.24, 2.45) is 7.05 Å².